The number of carbonyl (C=O) groups excluding carboxylic acids is 1. The van der Waals surface area contributed by atoms with E-state index in [-0.39, 0.29) is 6.07 Å². The van der Waals surface area contributed by atoms with Crippen molar-refractivity contribution in [2.45, 2.75) is 0 Å². The Balaban J connectivity index is 2.22. The van der Waals surface area contributed by atoms with E-state index < -0.39 is 6.16 Å². The lowest BCUT2D eigenvalue weighted by molar-refractivity contribution is 0.115. The second-order valence-electron chi connectivity index (χ2n) is 3.11. The van der Waals surface area contributed by atoms with Gasteiger partial charge in [0.2, 0.25) is 0 Å². The Morgan fingerprint density at radius 3 is 2.62 bits per heavy atom. The van der Waals surface area contributed by atoms with E-state index in [0.717, 1.165) is 10.8 Å². The van der Waals surface area contributed by atoms with Gasteiger partial charge >= 0.3 is 6.16 Å². The third-order valence-electron chi connectivity index (χ3n) is 2.09. The minimum absolute atomic E-state index is 0.216. The molecule has 3 nitrogen and oxygen atoms in total. The van der Waals surface area contributed by atoms with Crippen molar-refractivity contribution in [1.82, 2.24) is 0 Å². The minimum atomic E-state index is -0.801. The molecule has 0 atom stereocenters. The number of halogens is 1. The number of fused-ring (bicyclic) bond motifs is 1. The normalized spacial score (nSPS) is 10.1. The second-order valence-corrected chi connectivity index (χ2v) is 3.33. The topological polar surface area (TPSA) is 35.5 Å². The van der Waals surface area contributed by atoms with E-state index in [0.29, 0.717) is 5.75 Å². The molecule has 0 fully saturated rings. The van der Waals surface area contributed by atoms with Crippen molar-refractivity contribution in [3.8, 4) is 5.75 Å². The van der Waals surface area contributed by atoms with Gasteiger partial charge in [0, 0.05) is 0 Å². The number of benzene rings is 2. The van der Waals surface area contributed by atoms with Crippen LogP contribution in [-0.4, -0.2) is 12.2 Å². The molecule has 0 amide bonds. The molecule has 82 valence electrons. The quantitative estimate of drug-likeness (QED) is 0.454. The van der Waals surface area contributed by atoms with Gasteiger partial charge in [-0.05, 0) is 22.9 Å². The first-order valence-corrected chi connectivity index (χ1v) is 5.22. The molecular formula is C12H9ClO3. The second kappa shape index (κ2) is 4.86. The van der Waals surface area contributed by atoms with Crippen LogP contribution in [0.3, 0.4) is 0 Å². The van der Waals surface area contributed by atoms with Gasteiger partial charge in [-0.15, -0.1) is 0 Å². The van der Waals surface area contributed by atoms with Crippen LogP contribution in [-0.2, 0) is 4.74 Å². The summed E-state index contributed by atoms with van der Waals surface area (Å²) in [6.45, 7) is 0. The fourth-order valence-corrected chi connectivity index (χ4v) is 1.49. The number of hydrogen-bond acceptors (Lipinski definition) is 3. The molecule has 0 heterocycles. The summed E-state index contributed by atoms with van der Waals surface area (Å²) in [5, 5.41) is 2.08. The number of alkyl halides is 1. The molecule has 4 heteroatoms. The molecule has 0 aliphatic heterocycles. The summed E-state index contributed by atoms with van der Waals surface area (Å²) < 4.78 is 9.38. The summed E-state index contributed by atoms with van der Waals surface area (Å²) in [5.41, 5.74) is 0. The van der Waals surface area contributed by atoms with E-state index in [2.05, 4.69) is 4.74 Å². The Hall–Kier alpha value is -1.74. The van der Waals surface area contributed by atoms with Crippen LogP contribution in [0.4, 0.5) is 4.79 Å². The van der Waals surface area contributed by atoms with Gasteiger partial charge in [0.25, 0.3) is 0 Å². The predicted molar refractivity (Wildman–Crippen MR) is 61.8 cm³/mol. The molecule has 0 N–H and O–H groups in total. The highest BCUT2D eigenvalue weighted by Gasteiger charge is 2.05. The highest BCUT2D eigenvalue weighted by molar-refractivity contribution is 6.17. The van der Waals surface area contributed by atoms with Crippen LogP contribution in [0.15, 0.2) is 42.5 Å². The lowest BCUT2D eigenvalue weighted by Gasteiger charge is -2.04. The first kappa shape index (κ1) is 10.8. The minimum Gasteiger partial charge on any atom is -0.418 e. The van der Waals surface area contributed by atoms with E-state index in [9.17, 15) is 4.79 Å². The van der Waals surface area contributed by atoms with Gasteiger partial charge < -0.3 is 9.47 Å². The smallest absolute Gasteiger partial charge is 0.418 e. The van der Waals surface area contributed by atoms with Crippen molar-refractivity contribution in [1.29, 1.82) is 0 Å². The number of hydrogen-bond donors (Lipinski definition) is 0. The van der Waals surface area contributed by atoms with Crippen molar-refractivity contribution >= 4 is 28.5 Å². The highest BCUT2D eigenvalue weighted by Crippen LogP contribution is 2.20. The van der Waals surface area contributed by atoms with Gasteiger partial charge in [0.15, 0.2) is 6.07 Å². The Kier molecular flexibility index (Phi) is 3.27. The summed E-state index contributed by atoms with van der Waals surface area (Å²) in [7, 11) is 0. The van der Waals surface area contributed by atoms with Crippen molar-refractivity contribution in [2.75, 3.05) is 6.07 Å². The van der Waals surface area contributed by atoms with E-state index in [1.807, 2.05) is 30.3 Å². The molecule has 0 radical (unpaired) electrons. The summed E-state index contributed by atoms with van der Waals surface area (Å²) in [4.78, 5) is 11.0. The SMILES string of the molecule is O=C(OCCl)Oc1ccc2ccccc2c1. The van der Waals surface area contributed by atoms with E-state index in [4.69, 9.17) is 16.3 Å². The van der Waals surface area contributed by atoms with Gasteiger partial charge in [-0.25, -0.2) is 4.79 Å². The zero-order valence-electron chi connectivity index (χ0n) is 8.35. The van der Waals surface area contributed by atoms with Crippen LogP contribution in [0.25, 0.3) is 10.8 Å². The van der Waals surface area contributed by atoms with Crippen molar-refractivity contribution < 1.29 is 14.3 Å². The molecular weight excluding hydrogens is 228 g/mol. The molecule has 0 aliphatic carbocycles. The third-order valence-corrected chi connectivity index (χ3v) is 2.20. The van der Waals surface area contributed by atoms with Crippen molar-refractivity contribution in [2.24, 2.45) is 0 Å². The van der Waals surface area contributed by atoms with E-state index >= 15 is 0 Å². The monoisotopic (exact) mass is 236 g/mol. The number of rotatable bonds is 2. The summed E-state index contributed by atoms with van der Waals surface area (Å²) in [5.74, 6) is 0.439. The summed E-state index contributed by atoms with van der Waals surface area (Å²) in [6.07, 6.45) is -0.801. The van der Waals surface area contributed by atoms with E-state index in [1.165, 1.54) is 0 Å². The van der Waals surface area contributed by atoms with Crippen LogP contribution >= 0.6 is 11.6 Å². The summed E-state index contributed by atoms with van der Waals surface area (Å²) in [6, 6.07) is 12.9. The molecule has 0 saturated heterocycles. The van der Waals surface area contributed by atoms with E-state index in [1.54, 1.807) is 12.1 Å². The van der Waals surface area contributed by atoms with Crippen molar-refractivity contribution in [3.05, 3.63) is 42.5 Å². The number of ether oxygens (including phenoxy) is 2. The Morgan fingerprint density at radius 1 is 1.12 bits per heavy atom. The number of carbonyl (C=O) groups is 1. The van der Waals surface area contributed by atoms with Gasteiger partial charge in [-0.2, -0.15) is 0 Å². The largest absolute Gasteiger partial charge is 0.515 e. The van der Waals surface area contributed by atoms with Gasteiger partial charge in [-0.1, -0.05) is 41.9 Å². The molecule has 0 unspecified atom stereocenters. The fraction of sp³-hybridized carbons (Fsp3) is 0.0833. The molecule has 0 spiro atoms. The Morgan fingerprint density at radius 2 is 1.88 bits per heavy atom. The lowest BCUT2D eigenvalue weighted by atomic mass is 10.1. The van der Waals surface area contributed by atoms with Crippen LogP contribution < -0.4 is 4.74 Å². The molecule has 2 aromatic rings. The Bertz CT molecular complexity index is 510. The molecule has 16 heavy (non-hydrogen) atoms. The molecule has 2 aromatic carbocycles. The molecule has 0 saturated carbocycles. The highest BCUT2D eigenvalue weighted by atomic mass is 35.5. The molecule has 0 aromatic heterocycles. The maximum absolute atomic E-state index is 11.0. The first-order chi connectivity index (χ1) is 7.79. The van der Waals surface area contributed by atoms with Crippen LogP contribution in [0, 0.1) is 0 Å². The van der Waals surface area contributed by atoms with Gasteiger partial charge in [0.05, 0.1) is 0 Å². The molecule has 2 rings (SSSR count). The van der Waals surface area contributed by atoms with Gasteiger partial charge in [0.1, 0.15) is 5.75 Å². The third kappa shape index (κ3) is 2.44. The van der Waals surface area contributed by atoms with Gasteiger partial charge in [-0.3, -0.25) is 0 Å². The maximum atomic E-state index is 11.0. The predicted octanol–water partition coefficient (Wildman–Crippen LogP) is 3.55. The van der Waals surface area contributed by atoms with Crippen LogP contribution in [0.1, 0.15) is 0 Å². The standard InChI is InChI=1S/C12H9ClO3/c13-8-15-12(14)16-11-6-5-9-3-1-2-4-10(9)7-11/h1-7H,8H2. The maximum Gasteiger partial charge on any atom is 0.515 e. The van der Waals surface area contributed by atoms with Crippen LogP contribution in [0.5, 0.6) is 5.75 Å². The zero-order chi connectivity index (χ0) is 11.4. The fourth-order valence-electron chi connectivity index (χ4n) is 1.40. The summed E-state index contributed by atoms with van der Waals surface area (Å²) >= 11 is 5.23. The van der Waals surface area contributed by atoms with Crippen molar-refractivity contribution in [3.63, 3.8) is 0 Å². The average molecular weight is 237 g/mol. The molecule has 0 aliphatic rings. The lowest BCUT2D eigenvalue weighted by Crippen LogP contribution is -2.09. The average Bonchev–Trinajstić information content (AvgIpc) is 2.29. The van der Waals surface area contributed by atoms with Crippen LogP contribution in [0.2, 0.25) is 0 Å². The molecule has 0 bridgehead atoms. The zero-order valence-corrected chi connectivity index (χ0v) is 9.11. The Labute approximate surface area is 97.5 Å². The first-order valence-electron chi connectivity index (χ1n) is 4.69.